The highest BCUT2D eigenvalue weighted by atomic mass is 32.2. The van der Waals surface area contributed by atoms with Gasteiger partial charge in [0.2, 0.25) is 15.9 Å². The van der Waals surface area contributed by atoms with Gasteiger partial charge in [-0.05, 0) is 34.9 Å². The van der Waals surface area contributed by atoms with Crippen LogP contribution in [0.4, 0.5) is 5.69 Å². The molecule has 3 rings (SSSR count). The number of fused-ring (bicyclic) bond motifs is 1. The maximum absolute atomic E-state index is 12.8. The van der Waals surface area contributed by atoms with E-state index < -0.39 is 10.0 Å². The molecule has 3 aromatic rings. The highest BCUT2D eigenvalue weighted by Crippen LogP contribution is 2.28. The van der Waals surface area contributed by atoms with Crippen LogP contribution >= 0.6 is 0 Å². The topological polar surface area (TPSA) is 66.5 Å². The van der Waals surface area contributed by atoms with E-state index in [1.807, 2.05) is 49.4 Å². The summed E-state index contributed by atoms with van der Waals surface area (Å²) in [4.78, 5) is 12.8. The summed E-state index contributed by atoms with van der Waals surface area (Å²) in [6, 6.07) is 20.9. The van der Waals surface area contributed by atoms with Crippen LogP contribution in [0.1, 0.15) is 44.9 Å². The Balaban J connectivity index is 1.80. The van der Waals surface area contributed by atoms with E-state index in [1.165, 1.54) is 9.87 Å². The van der Waals surface area contributed by atoms with E-state index >= 15 is 0 Å². The summed E-state index contributed by atoms with van der Waals surface area (Å²) >= 11 is 0. The number of sulfonamides is 1. The fraction of sp³-hybridized carbons (Fsp3) is 0.320. The third-order valence-electron chi connectivity index (χ3n) is 5.38. The van der Waals surface area contributed by atoms with Crippen molar-refractivity contribution in [1.29, 1.82) is 0 Å². The number of carbonyl (C=O) groups excluding carboxylic acids is 1. The molecule has 3 aromatic carbocycles. The molecule has 0 bridgehead atoms. The lowest BCUT2D eigenvalue weighted by atomic mass is 9.86. The zero-order valence-corrected chi connectivity index (χ0v) is 19.5. The first-order valence-electron chi connectivity index (χ1n) is 10.3. The van der Waals surface area contributed by atoms with Gasteiger partial charge < -0.3 is 5.32 Å². The minimum Gasteiger partial charge on any atom is -0.348 e. The van der Waals surface area contributed by atoms with Gasteiger partial charge in [-0.2, -0.15) is 0 Å². The van der Waals surface area contributed by atoms with Gasteiger partial charge in [-0.15, -0.1) is 0 Å². The van der Waals surface area contributed by atoms with E-state index in [1.54, 1.807) is 12.1 Å². The van der Waals surface area contributed by atoms with Crippen molar-refractivity contribution >= 4 is 32.4 Å². The number of anilines is 1. The Labute approximate surface area is 185 Å². The van der Waals surface area contributed by atoms with Crippen molar-refractivity contribution in [3.05, 3.63) is 77.9 Å². The van der Waals surface area contributed by atoms with Crippen LogP contribution in [0.3, 0.4) is 0 Å². The Hall–Kier alpha value is -2.86. The first-order chi connectivity index (χ1) is 14.5. The molecule has 0 aliphatic carbocycles. The summed E-state index contributed by atoms with van der Waals surface area (Å²) in [5, 5.41) is 4.63. The molecule has 0 heterocycles. The van der Waals surface area contributed by atoms with Gasteiger partial charge in [0.1, 0.15) is 6.54 Å². The molecule has 0 spiro atoms. The Morgan fingerprint density at radius 3 is 2.19 bits per heavy atom. The van der Waals surface area contributed by atoms with Crippen molar-refractivity contribution in [1.82, 2.24) is 5.32 Å². The number of carbonyl (C=O) groups is 1. The van der Waals surface area contributed by atoms with Crippen molar-refractivity contribution in [2.24, 2.45) is 0 Å². The number of nitrogens with zero attached hydrogens (tertiary/aromatic N) is 1. The first kappa shape index (κ1) is 22.8. The van der Waals surface area contributed by atoms with Crippen LogP contribution < -0.4 is 9.62 Å². The second-order valence-electron chi connectivity index (χ2n) is 8.93. The molecule has 1 unspecified atom stereocenters. The van der Waals surface area contributed by atoms with E-state index in [0.29, 0.717) is 5.69 Å². The van der Waals surface area contributed by atoms with Gasteiger partial charge >= 0.3 is 0 Å². The minimum absolute atomic E-state index is 0.0550. The van der Waals surface area contributed by atoms with Gasteiger partial charge in [0.25, 0.3) is 0 Å². The van der Waals surface area contributed by atoms with Crippen molar-refractivity contribution in [3.63, 3.8) is 0 Å². The summed E-state index contributed by atoms with van der Waals surface area (Å²) in [6.45, 7) is 8.07. The largest absolute Gasteiger partial charge is 0.348 e. The predicted molar refractivity (Wildman–Crippen MR) is 128 cm³/mol. The molecule has 164 valence electrons. The lowest BCUT2D eigenvalue weighted by Gasteiger charge is -2.25. The fourth-order valence-corrected chi connectivity index (χ4v) is 4.45. The zero-order chi connectivity index (χ0) is 22.8. The second-order valence-corrected chi connectivity index (χ2v) is 10.8. The second kappa shape index (κ2) is 8.71. The van der Waals surface area contributed by atoms with Gasteiger partial charge in [-0.25, -0.2) is 8.42 Å². The highest BCUT2D eigenvalue weighted by molar-refractivity contribution is 7.92. The molecular weight excluding hydrogens is 408 g/mol. The molecule has 0 fully saturated rings. The van der Waals surface area contributed by atoms with Gasteiger partial charge in [-0.3, -0.25) is 9.10 Å². The SMILES string of the molecule is CC(NC(=O)CN(c1cccc2ccccc12)S(C)(=O)=O)c1ccc(C(C)(C)C)cc1. The van der Waals surface area contributed by atoms with E-state index in [2.05, 4.69) is 38.2 Å². The maximum atomic E-state index is 12.8. The van der Waals surface area contributed by atoms with Crippen LogP contribution in [0.25, 0.3) is 10.8 Å². The summed E-state index contributed by atoms with van der Waals surface area (Å²) in [7, 11) is -3.65. The van der Waals surface area contributed by atoms with Crippen LogP contribution in [0.2, 0.25) is 0 Å². The van der Waals surface area contributed by atoms with Crippen molar-refractivity contribution in [2.75, 3.05) is 17.1 Å². The minimum atomic E-state index is -3.65. The highest BCUT2D eigenvalue weighted by Gasteiger charge is 2.23. The lowest BCUT2D eigenvalue weighted by molar-refractivity contribution is -0.120. The average molecular weight is 439 g/mol. The Morgan fingerprint density at radius 1 is 0.968 bits per heavy atom. The normalized spacial score (nSPS) is 13.1. The fourth-order valence-electron chi connectivity index (χ4n) is 3.58. The van der Waals surface area contributed by atoms with E-state index in [-0.39, 0.29) is 23.9 Å². The standard InChI is InChI=1S/C25H30N2O3S/c1-18(19-13-15-21(16-14-19)25(2,3)4)26-24(28)17-27(31(5,29)30)23-12-8-10-20-9-6-7-11-22(20)23/h6-16,18H,17H2,1-5H3,(H,26,28). The van der Waals surface area contributed by atoms with Crippen LogP contribution in [0.5, 0.6) is 0 Å². The predicted octanol–water partition coefficient (Wildman–Crippen LogP) is 4.78. The molecule has 0 radical (unpaired) electrons. The molecule has 0 aromatic heterocycles. The zero-order valence-electron chi connectivity index (χ0n) is 18.7. The van der Waals surface area contributed by atoms with E-state index in [0.717, 1.165) is 22.6 Å². The van der Waals surface area contributed by atoms with Crippen LogP contribution in [0.15, 0.2) is 66.7 Å². The molecule has 1 atom stereocenters. The van der Waals surface area contributed by atoms with Crippen LogP contribution in [-0.2, 0) is 20.2 Å². The van der Waals surface area contributed by atoms with Gasteiger partial charge in [0.15, 0.2) is 0 Å². The Morgan fingerprint density at radius 2 is 1.58 bits per heavy atom. The third-order valence-corrected chi connectivity index (χ3v) is 6.50. The van der Waals surface area contributed by atoms with Crippen molar-refractivity contribution in [2.45, 2.75) is 39.2 Å². The molecule has 6 heteroatoms. The molecule has 1 N–H and O–H groups in total. The van der Waals surface area contributed by atoms with E-state index in [4.69, 9.17) is 0 Å². The molecule has 0 saturated heterocycles. The smallest absolute Gasteiger partial charge is 0.241 e. The molecule has 1 amide bonds. The number of benzene rings is 3. The van der Waals surface area contributed by atoms with Gasteiger partial charge in [0.05, 0.1) is 18.0 Å². The Bertz CT molecular complexity index is 1170. The number of rotatable bonds is 6. The number of nitrogens with one attached hydrogen (secondary N) is 1. The number of amides is 1. The monoisotopic (exact) mass is 438 g/mol. The molecule has 0 saturated carbocycles. The Kier molecular flexibility index (Phi) is 6.41. The molecule has 0 aliphatic rings. The average Bonchev–Trinajstić information content (AvgIpc) is 2.70. The summed E-state index contributed by atoms with van der Waals surface area (Å²) < 4.78 is 26.3. The summed E-state index contributed by atoms with van der Waals surface area (Å²) in [5.41, 5.74) is 2.74. The quantitative estimate of drug-likeness (QED) is 0.602. The maximum Gasteiger partial charge on any atom is 0.241 e. The molecule has 5 nitrogen and oxygen atoms in total. The van der Waals surface area contributed by atoms with Crippen molar-refractivity contribution < 1.29 is 13.2 Å². The number of hydrogen-bond donors (Lipinski definition) is 1. The van der Waals surface area contributed by atoms with Crippen molar-refractivity contribution in [3.8, 4) is 0 Å². The lowest BCUT2D eigenvalue weighted by Crippen LogP contribution is -2.41. The summed E-state index contributed by atoms with van der Waals surface area (Å²) in [6.07, 6.45) is 1.12. The van der Waals surface area contributed by atoms with Gasteiger partial charge in [0, 0.05) is 5.39 Å². The molecule has 31 heavy (non-hydrogen) atoms. The summed E-state index contributed by atoms with van der Waals surface area (Å²) in [5.74, 6) is -0.356. The molecule has 0 aliphatic heterocycles. The van der Waals surface area contributed by atoms with Crippen LogP contribution in [0, 0.1) is 0 Å². The third kappa shape index (κ3) is 5.44. The molecular formula is C25H30N2O3S. The first-order valence-corrected chi connectivity index (χ1v) is 12.2. The van der Waals surface area contributed by atoms with E-state index in [9.17, 15) is 13.2 Å². The van der Waals surface area contributed by atoms with Crippen LogP contribution in [-0.4, -0.2) is 27.1 Å². The number of hydrogen-bond acceptors (Lipinski definition) is 3. The van der Waals surface area contributed by atoms with Gasteiger partial charge in [-0.1, -0.05) is 81.4 Å².